The predicted molar refractivity (Wildman–Crippen MR) is 80.6 cm³/mol. The number of thiophene rings is 1. The van der Waals surface area contributed by atoms with E-state index in [1.807, 2.05) is 30.3 Å². The molecule has 0 radical (unpaired) electrons. The highest BCUT2D eigenvalue weighted by Gasteiger charge is 2.30. The Bertz CT molecular complexity index is 544. The zero-order chi connectivity index (χ0) is 13.1. The van der Waals surface area contributed by atoms with Crippen molar-refractivity contribution in [1.29, 1.82) is 0 Å². The van der Waals surface area contributed by atoms with Crippen LogP contribution in [-0.2, 0) is 6.54 Å². The van der Waals surface area contributed by atoms with Gasteiger partial charge in [0.15, 0.2) is 5.96 Å². The minimum absolute atomic E-state index is 0.562. The van der Waals surface area contributed by atoms with Gasteiger partial charge in [-0.1, -0.05) is 18.2 Å². The molecule has 0 spiro atoms. The molecule has 0 unspecified atom stereocenters. The van der Waals surface area contributed by atoms with Crippen LogP contribution in [0.15, 0.2) is 52.2 Å². The molecule has 0 bridgehead atoms. The van der Waals surface area contributed by atoms with Gasteiger partial charge in [-0.3, -0.25) is 0 Å². The Morgan fingerprint density at radius 1 is 1.26 bits per heavy atom. The van der Waals surface area contributed by atoms with Crippen LogP contribution >= 0.6 is 11.3 Å². The molecule has 19 heavy (non-hydrogen) atoms. The van der Waals surface area contributed by atoms with Crippen LogP contribution in [0.5, 0.6) is 0 Å². The number of hydrogen-bond donors (Lipinski definition) is 1. The summed E-state index contributed by atoms with van der Waals surface area (Å²) < 4.78 is 0. The summed E-state index contributed by atoms with van der Waals surface area (Å²) >= 11 is 1.72. The molecular formula is C15H17N3S. The van der Waals surface area contributed by atoms with E-state index >= 15 is 0 Å². The minimum Gasteiger partial charge on any atom is -0.369 e. The standard InChI is InChI=1S/C15H17N3S/c16-15(17-13-4-2-1-3-5-13)18(14-6-7-14)10-12-8-9-19-11-12/h1-5,8-9,11,14H,6-7,10H2,(H2,16,17). The number of guanidine groups is 1. The maximum absolute atomic E-state index is 6.19. The van der Waals surface area contributed by atoms with Gasteiger partial charge in [0.05, 0.1) is 5.69 Å². The smallest absolute Gasteiger partial charge is 0.197 e. The highest BCUT2D eigenvalue weighted by Crippen LogP contribution is 2.29. The molecular weight excluding hydrogens is 254 g/mol. The number of para-hydroxylation sites is 1. The van der Waals surface area contributed by atoms with Gasteiger partial charge in [-0.05, 0) is 47.4 Å². The highest BCUT2D eigenvalue weighted by atomic mass is 32.1. The molecule has 1 aliphatic rings. The number of hydrogen-bond acceptors (Lipinski definition) is 2. The van der Waals surface area contributed by atoms with Gasteiger partial charge in [0.25, 0.3) is 0 Å². The molecule has 98 valence electrons. The third-order valence-electron chi connectivity index (χ3n) is 3.21. The third kappa shape index (κ3) is 3.15. The first kappa shape index (κ1) is 12.2. The van der Waals surface area contributed by atoms with Crippen molar-refractivity contribution in [1.82, 2.24) is 4.90 Å². The van der Waals surface area contributed by atoms with Gasteiger partial charge in [0.2, 0.25) is 0 Å². The number of benzene rings is 1. The molecule has 1 aromatic carbocycles. The summed E-state index contributed by atoms with van der Waals surface area (Å²) in [7, 11) is 0. The Balaban J connectivity index is 1.78. The second-order valence-corrected chi connectivity index (χ2v) is 5.58. The Labute approximate surface area is 117 Å². The molecule has 2 N–H and O–H groups in total. The molecule has 4 heteroatoms. The van der Waals surface area contributed by atoms with Crippen LogP contribution in [-0.4, -0.2) is 16.9 Å². The van der Waals surface area contributed by atoms with Crippen LogP contribution < -0.4 is 5.73 Å². The van der Waals surface area contributed by atoms with Crippen molar-refractivity contribution < 1.29 is 0 Å². The Hall–Kier alpha value is -1.81. The van der Waals surface area contributed by atoms with E-state index < -0.39 is 0 Å². The van der Waals surface area contributed by atoms with Crippen LogP contribution in [0.3, 0.4) is 0 Å². The third-order valence-corrected chi connectivity index (χ3v) is 3.95. The molecule has 1 heterocycles. The molecule has 0 atom stereocenters. The average molecular weight is 271 g/mol. The topological polar surface area (TPSA) is 41.6 Å². The van der Waals surface area contributed by atoms with Gasteiger partial charge in [-0.2, -0.15) is 11.3 Å². The van der Waals surface area contributed by atoms with E-state index in [0.717, 1.165) is 12.2 Å². The van der Waals surface area contributed by atoms with Crippen molar-refractivity contribution in [3.05, 3.63) is 52.7 Å². The Kier molecular flexibility index (Phi) is 3.51. The fourth-order valence-electron chi connectivity index (χ4n) is 2.06. The highest BCUT2D eigenvalue weighted by molar-refractivity contribution is 7.07. The van der Waals surface area contributed by atoms with E-state index in [4.69, 9.17) is 5.73 Å². The van der Waals surface area contributed by atoms with E-state index in [2.05, 4.69) is 26.7 Å². The van der Waals surface area contributed by atoms with Crippen molar-refractivity contribution in [2.75, 3.05) is 0 Å². The fraction of sp³-hybridized carbons (Fsp3) is 0.267. The van der Waals surface area contributed by atoms with Crippen molar-refractivity contribution >= 4 is 23.0 Å². The van der Waals surface area contributed by atoms with Gasteiger partial charge in [-0.25, -0.2) is 4.99 Å². The summed E-state index contributed by atoms with van der Waals surface area (Å²) in [5, 5.41) is 4.27. The second kappa shape index (κ2) is 5.45. The number of rotatable bonds is 4. The van der Waals surface area contributed by atoms with Crippen molar-refractivity contribution in [2.24, 2.45) is 10.7 Å². The number of aliphatic imine (C=N–C) groups is 1. The molecule has 3 rings (SSSR count). The summed E-state index contributed by atoms with van der Waals surface area (Å²) in [5.74, 6) is 0.625. The van der Waals surface area contributed by atoms with Crippen molar-refractivity contribution in [3.8, 4) is 0 Å². The molecule has 0 saturated heterocycles. The summed E-state index contributed by atoms with van der Waals surface area (Å²) in [6.45, 7) is 0.857. The zero-order valence-corrected chi connectivity index (χ0v) is 11.5. The average Bonchev–Trinajstić information content (AvgIpc) is 3.14. The molecule has 1 saturated carbocycles. The number of nitrogens with two attached hydrogens (primary N) is 1. The summed E-state index contributed by atoms with van der Waals surface area (Å²) in [4.78, 5) is 6.74. The van der Waals surface area contributed by atoms with Gasteiger partial charge >= 0.3 is 0 Å². The largest absolute Gasteiger partial charge is 0.369 e. The fourth-order valence-corrected chi connectivity index (χ4v) is 2.72. The number of nitrogens with zero attached hydrogens (tertiary/aromatic N) is 2. The summed E-state index contributed by atoms with van der Waals surface area (Å²) in [6, 6.07) is 12.6. The van der Waals surface area contributed by atoms with E-state index in [1.165, 1.54) is 18.4 Å². The summed E-state index contributed by atoms with van der Waals surface area (Å²) in [5.41, 5.74) is 8.41. The first-order valence-electron chi connectivity index (χ1n) is 6.50. The quantitative estimate of drug-likeness (QED) is 0.684. The monoisotopic (exact) mass is 271 g/mol. The normalized spacial score (nSPS) is 15.5. The predicted octanol–water partition coefficient (Wildman–Crippen LogP) is 3.36. The van der Waals surface area contributed by atoms with Crippen LogP contribution in [0.1, 0.15) is 18.4 Å². The minimum atomic E-state index is 0.562. The summed E-state index contributed by atoms with van der Waals surface area (Å²) in [6.07, 6.45) is 2.43. The van der Waals surface area contributed by atoms with Gasteiger partial charge < -0.3 is 10.6 Å². The van der Waals surface area contributed by atoms with Crippen LogP contribution in [0.2, 0.25) is 0 Å². The van der Waals surface area contributed by atoms with E-state index in [9.17, 15) is 0 Å². The lowest BCUT2D eigenvalue weighted by molar-refractivity contribution is 0.399. The van der Waals surface area contributed by atoms with Crippen LogP contribution in [0, 0.1) is 0 Å². The van der Waals surface area contributed by atoms with Gasteiger partial charge in [0, 0.05) is 12.6 Å². The molecule has 2 aromatic rings. The van der Waals surface area contributed by atoms with E-state index in [0.29, 0.717) is 12.0 Å². The van der Waals surface area contributed by atoms with Crippen LogP contribution in [0.4, 0.5) is 5.69 Å². The molecule has 0 amide bonds. The molecule has 1 aromatic heterocycles. The molecule has 0 aliphatic heterocycles. The molecule has 1 aliphatic carbocycles. The zero-order valence-electron chi connectivity index (χ0n) is 10.7. The molecule has 1 fully saturated rings. The first-order chi connectivity index (χ1) is 9.33. The Morgan fingerprint density at radius 3 is 2.68 bits per heavy atom. The maximum Gasteiger partial charge on any atom is 0.197 e. The lowest BCUT2D eigenvalue weighted by Crippen LogP contribution is -2.38. The van der Waals surface area contributed by atoms with E-state index in [-0.39, 0.29) is 0 Å². The van der Waals surface area contributed by atoms with Crippen LogP contribution in [0.25, 0.3) is 0 Å². The lowest BCUT2D eigenvalue weighted by Gasteiger charge is -2.22. The van der Waals surface area contributed by atoms with Gasteiger partial charge in [-0.15, -0.1) is 0 Å². The second-order valence-electron chi connectivity index (χ2n) is 4.80. The molecule has 3 nitrogen and oxygen atoms in total. The SMILES string of the molecule is NC(=Nc1ccccc1)N(Cc1ccsc1)C1CC1. The van der Waals surface area contributed by atoms with Crippen molar-refractivity contribution in [3.63, 3.8) is 0 Å². The lowest BCUT2D eigenvalue weighted by atomic mass is 10.3. The maximum atomic E-state index is 6.19. The first-order valence-corrected chi connectivity index (χ1v) is 7.44. The Morgan fingerprint density at radius 2 is 2.05 bits per heavy atom. The van der Waals surface area contributed by atoms with Gasteiger partial charge in [0.1, 0.15) is 0 Å². The van der Waals surface area contributed by atoms with Crippen molar-refractivity contribution in [2.45, 2.75) is 25.4 Å². The van der Waals surface area contributed by atoms with E-state index in [1.54, 1.807) is 11.3 Å².